The SMILES string of the molecule is CCOC(=O)NC1CCCN(CC(O)c2ccccc2F)C1. The zero-order chi connectivity index (χ0) is 15.9. The van der Waals surface area contributed by atoms with Gasteiger partial charge in [-0.15, -0.1) is 0 Å². The molecule has 0 aliphatic carbocycles. The van der Waals surface area contributed by atoms with Gasteiger partial charge in [-0.05, 0) is 32.4 Å². The molecule has 1 aliphatic rings. The van der Waals surface area contributed by atoms with E-state index in [4.69, 9.17) is 4.74 Å². The number of nitrogens with one attached hydrogen (secondary N) is 1. The molecule has 2 N–H and O–H groups in total. The second-order valence-electron chi connectivity index (χ2n) is 5.50. The molecule has 0 bridgehead atoms. The van der Waals surface area contributed by atoms with Gasteiger partial charge in [-0.25, -0.2) is 9.18 Å². The van der Waals surface area contributed by atoms with Crippen LogP contribution in [-0.4, -0.2) is 48.4 Å². The van der Waals surface area contributed by atoms with Crippen molar-refractivity contribution in [2.75, 3.05) is 26.2 Å². The number of hydrogen-bond donors (Lipinski definition) is 2. The molecule has 1 heterocycles. The van der Waals surface area contributed by atoms with Crippen LogP contribution >= 0.6 is 0 Å². The van der Waals surface area contributed by atoms with Gasteiger partial charge in [-0.2, -0.15) is 0 Å². The lowest BCUT2D eigenvalue weighted by atomic mass is 10.0. The maximum absolute atomic E-state index is 13.7. The highest BCUT2D eigenvalue weighted by Crippen LogP contribution is 2.20. The molecule has 1 saturated heterocycles. The number of rotatable bonds is 5. The highest BCUT2D eigenvalue weighted by molar-refractivity contribution is 5.67. The second kappa shape index (κ2) is 8.10. The lowest BCUT2D eigenvalue weighted by Crippen LogP contribution is -2.48. The van der Waals surface area contributed by atoms with Crippen LogP contribution in [0.25, 0.3) is 0 Å². The minimum atomic E-state index is -0.873. The summed E-state index contributed by atoms with van der Waals surface area (Å²) >= 11 is 0. The van der Waals surface area contributed by atoms with E-state index in [0.29, 0.717) is 25.3 Å². The standard InChI is InChI=1S/C16H23FN2O3/c1-2-22-16(21)18-12-6-5-9-19(10-12)11-15(20)13-7-3-4-8-14(13)17/h3-4,7-8,12,15,20H,2,5-6,9-11H2,1H3,(H,18,21). The third-order valence-corrected chi connectivity index (χ3v) is 3.80. The van der Waals surface area contributed by atoms with Gasteiger partial charge >= 0.3 is 6.09 Å². The molecule has 1 aromatic rings. The normalized spacial score (nSPS) is 20.4. The van der Waals surface area contributed by atoms with E-state index in [1.807, 2.05) is 4.90 Å². The van der Waals surface area contributed by atoms with Crippen LogP contribution < -0.4 is 5.32 Å². The van der Waals surface area contributed by atoms with Crippen LogP contribution in [0.3, 0.4) is 0 Å². The van der Waals surface area contributed by atoms with E-state index >= 15 is 0 Å². The number of alkyl carbamates (subject to hydrolysis) is 1. The van der Waals surface area contributed by atoms with Crippen LogP contribution in [0.2, 0.25) is 0 Å². The number of aliphatic hydroxyl groups is 1. The van der Waals surface area contributed by atoms with Gasteiger partial charge in [-0.1, -0.05) is 18.2 Å². The molecule has 22 heavy (non-hydrogen) atoms. The Bertz CT molecular complexity index is 498. The van der Waals surface area contributed by atoms with Crippen LogP contribution in [0.1, 0.15) is 31.4 Å². The first kappa shape index (κ1) is 16.7. The first-order valence-electron chi connectivity index (χ1n) is 7.68. The fourth-order valence-electron chi connectivity index (χ4n) is 2.77. The van der Waals surface area contributed by atoms with Crippen molar-refractivity contribution in [2.24, 2.45) is 0 Å². The summed E-state index contributed by atoms with van der Waals surface area (Å²) < 4.78 is 18.6. The summed E-state index contributed by atoms with van der Waals surface area (Å²) in [5.41, 5.74) is 0.308. The molecule has 122 valence electrons. The Kier molecular flexibility index (Phi) is 6.15. The molecule has 6 heteroatoms. The summed E-state index contributed by atoms with van der Waals surface area (Å²) in [6.07, 6.45) is 0.512. The summed E-state index contributed by atoms with van der Waals surface area (Å²) in [5.74, 6) is -0.395. The van der Waals surface area contributed by atoms with Crippen molar-refractivity contribution in [2.45, 2.75) is 31.9 Å². The first-order valence-corrected chi connectivity index (χ1v) is 7.68. The Morgan fingerprint density at radius 3 is 3.05 bits per heavy atom. The number of ether oxygens (including phenoxy) is 1. The highest BCUT2D eigenvalue weighted by Gasteiger charge is 2.24. The summed E-state index contributed by atoms with van der Waals surface area (Å²) in [4.78, 5) is 13.5. The fraction of sp³-hybridized carbons (Fsp3) is 0.562. The number of amides is 1. The largest absolute Gasteiger partial charge is 0.450 e. The quantitative estimate of drug-likeness (QED) is 0.874. The number of nitrogens with zero attached hydrogens (tertiary/aromatic N) is 1. The maximum Gasteiger partial charge on any atom is 0.407 e. The fourth-order valence-corrected chi connectivity index (χ4v) is 2.77. The van der Waals surface area contributed by atoms with Gasteiger partial charge in [0.25, 0.3) is 0 Å². The molecule has 2 rings (SSSR count). The molecule has 2 unspecified atom stereocenters. The van der Waals surface area contributed by atoms with Crippen molar-refractivity contribution in [3.05, 3.63) is 35.6 Å². The molecule has 1 aliphatic heterocycles. The van der Waals surface area contributed by atoms with E-state index < -0.39 is 18.0 Å². The number of halogens is 1. The molecule has 0 radical (unpaired) electrons. The van der Waals surface area contributed by atoms with Crippen molar-refractivity contribution in [3.8, 4) is 0 Å². The Morgan fingerprint density at radius 2 is 2.32 bits per heavy atom. The molecule has 0 saturated carbocycles. The maximum atomic E-state index is 13.7. The number of β-amino-alcohol motifs (C(OH)–C–C–N with tert-alkyl or cyclic N) is 1. The zero-order valence-electron chi connectivity index (χ0n) is 12.8. The van der Waals surface area contributed by atoms with E-state index in [1.54, 1.807) is 25.1 Å². The molecule has 5 nitrogen and oxygen atoms in total. The summed E-state index contributed by atoms with van der Waals surface area (Å²) in [5, 5.41) is 13.0. The zero-order valence-corrected chi connectivity index (χ0v) is 12.8. The molecule has 0 aromatic heterocycles. The van der Waals surface area contributed by atoms with Crippen LogP contribution in [0.15, 0.2) is 24.3 Å². The first-order chi connectivity index (χ1) is 10.6. The number of benzene rings is 1. The average Bonchev–Trinajstić information content (AvgIpc) is 2.48. The number of hydrogen-bond acceptors (Lipinski definition) is 4. The van der Waals surface area contributed by atoms with Gasteiger partial charge in [-0.3, -0.25) is 4.90 Å². The topological polar surface area (TPSA) is 61.8 Å². The van der Waals surface area contributed by atoms with Crippen LogP contribution in [0.5, 0.6) is 0 Å². The van der Waals surface area contributed by atoms with Gasteiger partial charge in [0.1, 0.15) is 5.82 Å². The van der Waals surface area contributed by atoms with Gasteiger partial charge in [0.2, 0.25) is 0 Å². The van der Waals surface area contributed by atoms with E-state index in [2.05, 4.69) is 5.32 Å². The van der Waals surface area contributed by atoms with Crippen LogP contribution in [0.4, 0.5) is 9.18 Å². The number of carbonyl (C=O) groups excluding carboxylic acids is 1. The Labute approximate surface area is 130 Å². The number of likely N-dealkylation sites (tertiary alicyclic amines) is 1. The summed E-state index contributed by atoms with van der Waals surface area (Å²) in [6.45, 7) is 3.91. The number of piperidine rings is 1. The molecular formula is C16H23FN2O3. The number of aliphatic hydroxyl groups excluding tert-OH is 1. The summed E-state index contributed by atoms with van der Waals surface area (Å²) in [6, 6.07) is 6.26. The van der Waals surface area contributed by atoms with Gasteiger partial charge in [0.15, 0.2) is 0 Å². The molecule has 0 spiro atoms. The third kappa shape index (κ3) is 4.68. The lowest BCUT2D eigenvalue weighted by molar-refractivity contribution is 0.0859. The van der Waals surface area contributed by atoms with Gasteiger partial charge in [0.05, 0.1) is 12.7 Å². The smallest absolute Gasteiger partial charge is 0.407 e. The van der Waals surface area contributed by atoms with Crippen molar-refractivity contribution in [1.29, 1.82) is 0 Å². The molecule has 1 amide bonds. The minimum absolute atomic E-state index is 0.000574. The highest BCUT2D eigenvalue weighted by atomic mass is 19.1. The monoisotopic (exact) mass is 310 g/mol. The second-order valence-corrected chi connectivity index (χ2v) is 5.50. The van der Waals surface area contributed by atoms with Crippen molar-refractivity contribution in [3.63, 3.8) is 0 Å². The minimum Gasteiger partial charge on any atom is -0.450 e. The third-order valence-electron chi connectivity index (χ3n) is 3.80. The molecule has 2 atom stereocenters. The summed E-state index contributed by atoms with van der Waals surface area (Å²) in [7, 11) is 0. The van der Waals surface area contributed by atoms with Crippen molar-refractivity contribution < 1.29 is 19.0 Å². The molecular weight excluding hydrogens is 287 g/mol. The Morgan fingerprint density at radius 1 is 1.55 bits per heavy atom. The predicted molar refractivity (Wildman–Crippen MR) is 81.0 cm³/mol. The van der Waals surface area contributed by atoms with E-state index in [1.165, 1.54) is 6.07 Å². The van der Waals surface area contributed by atoms with Crippen LogP contribution in [-0.2, 0) is 4.74 Å². The molecule has 1 aromatic carbocycles. The Balaban J connectivity index is 1.87. The number of carbonyl (C=O) groups is 1. The van der Waals surface area contributed by atoms with E-state index in [-0.39, 0.29) is 6.04 Å². The average molecular weight is 310 g/mol. The van der Waals surface area contributed by atoms with Gasteiger partial charge < -0.3 is 15.2 Å². The predicted octanol–water partition coefficient (Wildman–Crippen LogP) is 2.07. The van der Waals surface area contributed by atoms with Crippen molar-refractivity contribution in [1.82, 2.24) is 10.2 Å². The van der Waals surface area contributed by atoms with E-state index in [0.717, 1.165) is 19.4 Å². The lowest BCUT2D eigenvalue weighted by Gasteiger charge is -2.34. The van der Waals surface area contributed by atoms with Gasteiger partial charge in [0, 0.05) is 24.7 Å². The molecule has 1 fully saturated rings. The Hall–Kier alpha value is -1.66. The van der Waals surface area contributed by atoms with Crippen LogP contribution in [0, 0.1) is 5.82 Å². The van der Waals surface area contributed by atoms with Crippen molar-refractivity contribution >= 4 is 6.09 Å². The van der Waals surface area contributed by atoms with E-state index in [9.17, 15) is 14.3 Å².